The molecule has 764 valence electrons. The van der Waals surface area contributed by atoms with Crippen molar-refractivity contribution in [2.24, 2.45) is 5.73 Å². The van der Waals surface area contributed by atoms with Gasteiger partial charge in [-0.05, 0) is 303 Å². The van der Waals surface area contributed by atoms with Gasteiger partial charge in [0, 0.05) is 94.5 Å². The highest BCUT2D eigenvalue weighted by Gasteiger charge is 2.42. The Morgan fingerprint density at radius 3 is 1.13 bits per heavy atom. The number of carbonyl (C=O) groups excluding carboxylic acids is 11. The Balaban J connectivity index is 0.000000408. The summed E-state index contributed by atoms with van der Waals surface area (Å²) in [6.07, 6.45) is -1.72. The summed E-state index contributed by atoms with van der Waals surface area (Å²) in [4.78, 5) is 139. The van der Waals surface area contributed by atoms with Crippen molar-refractivity contribution >= 4 is 186 Å². The molecule has 0 saturated heterocycles. The number of imide groups is 2. The fourth-order valence-electron chi connectivity index (χ4n) is 12.4. The number of benzene rings is 6. The number of halogens is 7. The largest absolute Gasteiger partial charge is 0.519 e. The van der Waals surface area contributed by atoms with E-state index in [0.717, 1.165) is 99.4 Å². The normalized spacial score (nSPS) is 14.8. The fourth-order valence-corrected chi connectivity index (χ4v) is 15.3. The second kappa shape index (κ2) is 54.7. The zero-order valence-corrected chi connectivity index (χ0v) is 96.7. The van der Waals surface area contributed by atoms with Gasteiger partial charge in [-0.15, -0.1) is 0 Å². The van der Waals surface area contributed by atoms with Crippen LogP contribution in [0.1, 0.15) is 269 Å². The number of nitriles is 2. The van der Waals surface area contributed by atoms with Crippen molar-refractivity contribution in [1.29, 1.82) is 10.5 Å². The predicted octanol–water partition coefficient (Wildman–Crippen LogP) is 25.7. The molecule has 7 heterocycles. The van der Waals surface area contributed by atoms with E-state index in [1.807, 2.05) is 181 Å². The molecule has 6 aliphatic heterocycles. The number of aromatic nitrogens is 1. The molecule has 40 heteroatoms. The molecule has 0 aliphatic carbocycles. The van der Waals surface area contributed by atoms with Crippen LogP contribution in [0.3, 0.4) is 0 Å². The van der Waals surface area contributed by atoms with Gasteiger partial charge in [-0.3, -0.25) is 34.1 Å². The predicted molar refractivity (Wildman–Crippen MR) is 559 cm³/mol. The second-order valence-corrected chi connectivity index (χ2v) is 49.9. The monoisotopic (exact) mass is 2400 g/mol. The van der Waals surface area contributed by atoms with Crippen molar-refractivity contribution < 1.29 is 105 Å². The van der Waals surface area contributed by atoms with Gasteiger partial charge >= 0.3 is 48.7 Å². The van der Waals surface area contributed by atoms with E-state index < -0.39 is 83.9 Å². The van der Waals surface area contributed by atoms with Crippen LogP contribution in [0.2, 0.25) is 19.6 Å². The van der Waals surface area contributed by atoms with Gasteiger partial charge in [-0.25, -0.2) is 53.4 Å². The van der Waals surface area contributed by atoms with Gasteiger partial charge in [0.1, 0.15) is 45.2 Å². The first-order valence-electron chi connectivity index (χ1n) is 44.0. The fraction of sp³-hybridized carbons (Fsp3) is 0.460. The Hall–Kier alpha value is -9.72. The standard InChI is InChI=1S/C14H19BrN2O2.C14H15BrN2O2.C14H18BrNO3.2C13H14BrNO3.C10H18O5.C8H6BrNO.C7H6BrNO2.C4H9NSi.C2H6.CH4O/c2*1-14(2,3)19-13(18)17-8-9-6-10(15)4-5-11(9)12(17)7-16;1-14(2,3)19-13(17)16-8-9-7-10(15)5-6-11(9)12(16)18-4;2*1-13(2,3)18-12(17)15-7-8-6-9(14)4-5-10(8)11(15)16;1-9(2,3)14-7(11)13-8(12)15-10(4,5)6;9-6-1-2-7-5(3-6)4-10-8(7)11;1-11-7(10)5-2-3-9-4-6(5)8;1-6(2,3)4-5;2*1-2/h4-6,12H,7-8,16H2,1-3H3;4-6,12H,8H2,1-3H3;5-7,12H,8H2,1-4H3;2*4-6H,7H2,1-3H3;1-6H3;1-3H,4H2,(H,10,11);2-4H,1H3;1-3H3;1-2H3;2H,1H3. The quantitative estimate of drug-likeness (QED) is 0.0640. The Kier molecular flexibility index (Phi) is 48.6. The molecule has 0 radical (unpaired) electrons. The molecule has 13 rings (SSSR count). The number of fused-ring (bicyclic) bond motifs is 6. The average Bonchev–Trinajstić information content (AvgIpc) is 1.66. The van der Waals surface area contributed by atoms with Crippen LogP contribution in [0.25, 0.3) is 0 Å². The molecule has 0 fully saturated rings. The summed E-state index contributed by atoms with van der Waals surface area (Å²) in [7, 11) is 2.61. The lowest BCUT2D eigenvalue weighted by atomic mass is 10.1. The molecule has 0 spiro atoms. The van der Waals surface area contributed by atoms with Crippen LogP contribution < -0.4 is 11.1 Å². The number of nitrogens with one attached hydrogen (secondary N) is 1. The number of pyridine rings is 1. The molecule has 1 aromatic heterocycles. The number of methoxy groups -OCH3 is 2. The molecule has 4 N–H and O–H groups in total. The Bertz CT molecular complexity index is 5390. The minimum atomic E-state index is -1.33. The number of rotatable bonds is 3. The maximum absolute atomic E-state index is 12.2. The third-order valence-electron chi connectivity index (χ3n) is 17.9. The molecule has 8 amide bonds. The third kappa shape index (κ3) is 42.1. The highest BCUT2D eigenvalue weighted by atomic mass is 79.9. The van der Waals surface area contributed by atoms with Crippen molar-refractivity contribution in [3.8, 4) is 11.8 Å². The number of hydrogen-bond acceptors (Lipinski definition) is 26. The molecule has 6 aliphatic rings. The van der Waals surface area contributed by atoms with Crippen molar-refractivity contribution in [2.75, 3.05) is 27.9 Å². The first-order valence-corrected chi connectivity index (χ1v) is 53.0. The van der Waals surface area contributed by atoms with Crippen molar-refractivity contribution in [1.82, 2.24) is 34.8 Å². The number of aliphatic hydroxyl groups excluding tert-OH is 1. The molecular weight excluding hydrogens is 2280 g/mol. The van der Waals surface area contributed by atoms with E-state index >= 15 is 0 Å². The van der Waals surface area contributed by atoms with Crippen molar-refractivity contribution in [3.05, 3.63) is 231 Å². The van der Waals surface area contributed by atoms with Crippen LogP contribution >= 0.6 is 112 Å². The number of carbonyl (C=O) groups is 11. The van der Waals surface area contributed by atoms with Gasteiger partial charge in [-0.2, -0.15) is 5.26 Å². The molecule has 0 saturated carbocycles. The maximum atomic E-state index is 12.2. The molecule has 3 unspecified atom stereocenters. The lowest BCUT2D eigenvalue weighted by Crippen LogP contribution is -2.38. The minimum Gasteiger partial charge on any atom is -0.465 e. The van der Waals surface area contributed by atoms with E-state index in [4.69, 9.17) is 54.0 Å². The van der Waals surface area contributed by atoms with Crippen LogP contribution in [0, 0.1) is 22.3 Å². The summed E-state index contributed by atoms with van der Waals surface area (Å²) < 4.78 is 56.7. The topological polar surface area (TPSA) is 415 Å². The van der Waals surface area contributed by atoms with E-state index in [9.17, 15) is 58.0 Å². The van der Waals surface area contributed by atoms with E-state index in [1.165, 1.54) is 18.2 Å². The highest BCUT2D eigenvalue weighted by molar-refractivity contribution is 9.11. The van der Waals surface area contributed by atoms with Crippen LogP contribution in [0.4, 0.5) is 33.6 Å². The number of aliphatic hydroxyl groups is 1. The third-order valence-corrected chi connectivity index (χ3v) is 22.1. The second-order valence-electron chi connectivity index (χ2n) is 38.8. The van der Waals surface area contributed by atoms with E-state index in [2.05, 4.69) is 143 Å². The summed E-state index contributed by atoms with van der Waals surface area (Å²) in [6.45, 7) is 50.3. The van der Waals surface area contributed by atoms with Gasteiger partial charge in [0.25, 0.3) is 17.7 Å². The number of nitrogens with two attached hydrogens (primary N) is 1. The van der Waals surface area contributed by atoms with Gasteiger partial charge in [0.05, 0.1) is 62.0 Å². The first-order chi connectivity index (χ1) is 64.6. The maximum Gasteiger partial charge on any atom is 0.519 e. The summed E-state index contributed by atoms with van der Waals surface area (Å²) in [5.74, 6) is -0.926. The Morgan fingerprint density at radius 2 is 0.764 bits per heavy atom. The van der Waals surface area contributed by atoms with Gasteiger partial charge in [0.2, 0.25) is 0 Å². The molecule has 32 nitrogen and oxygen atoms in total. The van der Waals surface area contributed by atoms with E-state index in [-0.39, 0.29) is 61.2 Å². The number of esters is 1. The van der Waals surface area contributed by atoms with Crippen LogP contribution in [0.5, 0.6) is 0 Å². The minimum absolute atomic E-state index is 0.0347. The van der Waals surface area contributed by atoms with Crippen LogP contribution in [-0.2, 0) is 86.6 Å². The smallest absolute Gasteiger partial charge is 0.465 e. The number of ether oxygens (including phenoxy) is 10. The Morgan fingerprint density at radius 1 is 0.443 bits per heavy atom. The average molecular weight is 2410 g/mol. The lowest BCUT2D eigenvalue weighted by molar-refractivity contribution is -0.0450. The van der Waals surface area contributed by atoms with Crippen molar-refractivity contribution in [2.45, 2.75) is 276 Å². The van der Waals surface area contributed by atoms with E-state index in [1.54, 1.807) is 137 Å². The number of hydrogen-bond donors (Lipinski definition) is 3. The zero-order chi connectivity index (χ0) is 107. The summed E-state index contributed by atoms with van der Waals surface area (Å²) in [5, 5.41) is 27.3. The number of amides is 8. The van der Waals surface area contributed by atoms with Gasteiger partial charge in [-0.1, -0.05) is 147 Å². The molecule has 3 atom stereocenters. The molecule has 140 heavy (non-hydrogen) atoms. The highest BCUT2D eigenvalue weighted by Crippen LogP contribution is 2.41. The van der Waals surface area contributed by atoms with Crippen LogP contribution in [0.15, 0.2) is 159 Å². The SMILES string of the molecule is CC.CC(C)(C)OC(=O)N1Cc2cc(Br)ccc2C1=O.CC(C)(C)OC(=O)N1Cc2cc(Br)ccc2C1=O.CC(C)(C)OC(=O)N1Cc2cc(Br)ccc2C1C#N.CC(C)(C)OC(=O)N1Cc2cc(Br)ccc2C1CN.CC(C)(C)OC(=O)OC(=O)OC(C)(C)C.CO.COC(=O)c1ccncc1Br.COC1c2ccc(Br)cc2CN1C(=O)OC(C)(C)C.C[Si](C)(C)C#N.O=C1NCc2cc(Br)ccc21. The van der Waals surface area contributed by atoms with Gasteiger partial charge in [0.15, 0.2) is 14.3 Å². The first kappa shape index (κ1) is 124. The van der Waals surface area contributed by atoms with Crippen LogP contribution in [-0.4, -0.2) is 176 Å². The van der Waals surface area contributed by atoms with E-state index in [0.29, 0.717) is 53.9 Å². The summed E-state index contributed by atoms with van der Waals surface area (Å²) in [5.41, 5.74) is 15.2. The summed E-state index contributed by atoms with van der Waals surface area (Å²) >= 11 is 23.5. The molecule has 7 aromatic rings. The van der Waals surface area contributed by atoms with Gasteiger partial charge < -0.3 is 63.5 Å². The molecule has 6 aromatic carbocycles. The zero-order valence-electron chi connectivity index (χ0n) is 84.6. The van der Waals surface area contributed by atoms with Crippen molar-refractivity contribution in [3.63, 3.8) is 0 Å². The summed E-state index contributed by atoms with van der Waals surface area (Å²) in [6, 6.07) is 37.1. The molecular formula is C100H129Br7N10O22Si. The lowest BCUT2D eigenvalue weighted by Gasteiger charge is -2.28. The molecule has 0 bridgehead atoms. The number of nitrogens with zero attached hydrogens (tertiary/aromatic N) is 8. The Labute approximate surface area is 881 Å².